The Balaban J connectivity index is 1.60. The van der Waals surface area contributed by atoms with Gasteiger partial charge in [-0.1, -0.05) is 47.5 Å². The minimum Gasteiger partial charge on any atom is -0.489 e. The first-order valence-electron chi connectivity index (χ1n) is 10.6. The number of rotatable bonds is 7. The van der Waals surface area contributed by atoms with Crippen molar-refractivity contribution in [3.05, 3.63) is 112 Å². The molecule has 8 heteroatoms. The Hall–Kier alpha value is -3.87. The summed E-state index contributed by atoms with van der Waals surface area (Å²) in [5.74, 6) is -0.840. The lowest BCUT2D eigenvalue weighted by Crippen LogP contribution is -2.54. The lowest BCUT2D eigenvalue weighted by atomic mass is 10.0. The van der Waals surface area contributed by atoms with Gasteiger partial charge in [-0.2, -0.15) is 0 Å². The minimum atomic E-state index is -0.822. The van der Waals surface area contributed by atoms with Gasteiger partial charge < -0.3 is 4.74 Å². The van der Waals surface area contributed by atoms with Gasteiger partial charge in [-0.05, 0) is 77.7 Å². The number of barbiturate groups is 1. The maximum absolute atomic E-state index is 13.1. The van der Waals surface area contributed by atoms with Crippen molar-refractivity contribution >= 4 is 52.8 Å². The first-order valence-corrected chi connectivity index (χ1v) is 11.4. The molecule has 0 aromatic heterocycles. The van der Waals surface area contributed by atoms with Gasteiger partial charge in [0.15, 0.2) is 0 Å². The maximum atomic E-state index is 13.1. The van der Waals surface area contributed by atoms with Gasteiger partial charge in [0.05, 0.1) is 5.69 Å². The second-order valence-electron chi connectivity index (χ2n) is 7.71. The molecule has 35 heavy (non-hydrogen) atoms. The summed E-state index contributed by atoms with van der Waals surface area (Å²) in [7, 11) is 0. The minimum absolute atomic E-state index is 0.168. The fourth-order valence-corrected chi connectivity index (χ4v) is 3.79. The van der Waals surface area contributed by atoms with Crippen molar-refractivity contribution in [2.75, 3.05) is 4.90 Å². The number of hydrogen-bond acceptors (Lipinski definition) is 4. The number of ether oxygens (including phenoxy) is 1. The number of carbonyl (C=O) groups excluding carboxylic acids is 3. The van der Waals surface area contributed by atoms with Crippen LogP contribution >= 0.6 is 23.2 Å². The van der Waals surface area contributed by atoms with E-state index in [-0.39, 0.29) is 5.57 Å². The molecule has 1 saturated heterocycles. The van der Waals surface area contributed by atoms with Gasteiger partial charge >= 0.3 is 6.03 Å². The molecule has 1 N–H and O–H groups in total. The van der Waals surface area contributed by atoms with Crippen LogP contribution in [0.25, 0.3) is 6.08 Å². The number of benzene rings is 3. The smallest absolute Gasteiger partial charge is 0.335 e. The molecule has 176 valence electrons. The van der Waals surface area contributed by atoms with E-state index in [1.807, 2.05) is 18.2 Å². The third-order valence-electron chi connectivity index (χ3n) is 5.25. The molecule has 0 saturated carbocycles. The average Bonchev–Trinajstić information content (AvgIpc) is 2.83. The highest BCUT2D eigenvalue weighted by atomic mass is 35.5. The topological polar surface area (TPSA) is 75.7 Å². The Labute approximate surface area is 212 Å². The van der Waals surface area contributed by atoms with Gasteiger partial charge in [0, 0.05) is 10.0 Å². The summed E-state index contributed by atoms with van der Waals surface area (Å²) >= 11 is 11.8. The predicted octanol–water partition coefficient (Wildman–Crippen LogP) is 5.97. The number of urea groups is 1. The summed E-state index contributed by atoms with van der Waals surface area (Å²) in [5, 5.41) is 3.32. The van der Waals surface area contributed by atoms with Gasteiger partial charge in [0.25, 0.3) is 11.8 Å². The van der Waals surface area contributed by atoms with Gasteiger partial charge in [-0.3, -0.25) is 14.9 Å². The van der Waals surface area contributed by atoms with Crippen molar-refractivity contribution in [2.24, 2.45) is 0 Å². The highest BCUT2D eigenvalue weighted by Crippen LogP contribution is 2.27. The van der Waals surface area contributed by atoms with Crippen molar-refractivity contribution in [1.82, 2.24) is 5.32 Å². The lowest BCUT2D eigenvalue weighted by Gasteiger charge is -2.26. The second-order valence-corrected chi connectivity index (χ2v) is 8.58. The molecule has 0 aliphatic carbocycles. The van der Waals surface area contributed by atoms with Crippen LogP contribution in [0.15, 0.2) is 85.0 Å². The summed E-state index contributed by atoms with van der Waals surface area (Å²) in [4.78, 5) is 38.9. The number of halogens is 2. The predicted molar refractivity (Wildman–Crippen MR) is 137 cm³/mol. The summed E-state index contributed by atoms with van der Waals surface area (Å²) in [6, 6.07) is 18.0. The molecule has 4 amide bonds. The van der Waals surface area contributed by atoms with E-state index in [0.717, 1.165) is 16.0 Å². The quantitative estimate of drug-likeness (QED) is 0.243. The molecule has 0 unspecified atom stereocenters. The SMILES string of the molecule is C=CCc1cc(/C=C2\C(=O)NC(=O)N(c3ccc(Cl)cc3)C2=O)ccc1OCc1ccc(Cl)cc1. The molecule has 4 rings (SSSR count). The van der Waals surface area contributed by atoms with E-state index in [1.165, 1.54) is 18.2 Å². The molecule has 0 bridgehead atoms. The molecule has 6 nitrogen and oxygen atoms in total. The van der Waals surface area contributed by atoms with E-state index >= 15 is 0 Å². The van der Waals surface area contributed by atoms with E-state index in [2.05, 4.69) is 11.9 Å². The zero-order valence-corrected chi connectivity index (χ0v) is 20.0. The fourth-order valence-electron chi connectivity index (χ4n) is 3.54. The van der Waals surface area contributed by atoms with Crippen LogP contribution in [0, 0.1) is 0 Å². The van der Waals surface area contributed by atoms with Crippen LogP contribution < -0.4 is 15.0 Å². The van der Waals surface area contributed by atoms with Crippen LogP contribution in [0.5, 0.6) is 5.75 Å². The zero-order chi connectivity index (χ0) is 24.9. The van der Waals surface area contributed by atoms with E-state index < -0.39 is 17.8 Å². The molecule has 0 radical (unpaired) electrons. The molecule has 0 atom stereocenters. The molecule has 1 aliphatic rings. The van der Waals surface area contributed by atoms with Gasteiger partial charge in [-0.25, -0.2) is 9.69 Å². The lowest BCUT2D eigenvalue weighted by molar-refractivity contribution is -0.122. The third kappa shape index (κ3) is 5.62. The Bertz CT molecular complexity index is 1330. The van der Waals surface area contributed by atoms with Crippen LogP contribution in [0.4, 0.5) is 10.5 Å². The van der Waals surface area contributed by atoms with Crippen LogP contribution in [-0.4, -0.2) is 17.8 Å². The maximum Gasteiger partial charge on any atom is 0.335 e. The second kappa shape index (κ2) is 10.6. The molecule has 1 heterocycles. The highest BCUT2D eigenvalue weighted by molar-refractivity contribution is 6.39. The standard InChI is InChI=1S/C27H20Cl2N2O4/c1-2-3-19-14-18(6-13-24(19)35-16-17-4-7-20(28)8-5-17)15-23-25(32)30-27(34)31(26(23)33)22-11-9-21(29)10-12-22/h2,4-15H,1,3,16H2,(H,30,32,34)/b23-15+. The average molecular weight is 507 g/mol. The molecular formula is C27H20Cl2N2O4. The number of imide groups is 2. The number of nitrogens with zero attached hydrogens (tertiary/aromatic N) is 1. The molecule has 1 fully saturated rings. The molecule has 1 aliphatic heterocycles. The summed E-state index contributed by atoms with van der Waals surface area (Å²) in [5.41, 5.74) is 2.52. The van der Waals surface area contributed by atoms with E-state index in [4.69, 9.17) is 27.9 Å². The number of anilines is 1. The normalized spacial score (nSPS) is 14.7. The number of carbonyl (C=O) groups is 3. The Morgan fingerprint density at radius 3 is 2.23 bits per heavy atom. The largest absolute Gasteiger partial charge is 0.489 e. The van der Waals surface area contributed by atoms with Crippen molar-refractivity contribution in [3.63, 3.8) is 0 Å². The summed E-state index contributed by atoms with van der Waals surface area (Å²) in [6.07, 6.45) is 3.70. The Morgan fingerprint density at radius 1 is 0.914 bits per heavy atom. The Morgan fingerprint density at radius 2 is 1.57 bits per heavy atom. The van der Waals surface area contributed by atoms with Crippen molar-refractivity contribution < 1.29 is 19.1 Å². The zero-order valence-electron chi connectivity index (χ0n) is 18.5. The molecule has 0 spiro atoms. The van der Waals surface area contributed by atoms with Gasteiger partial charge in [0.1, 0.15) is 17.9 Å². The molecule has 3 aromatic carbocycles. The van der Waals surface area contributed by atoms with Crippen molar-refractivity contribution in [3.8, 4) is 5.75 Å². The van der Waals surface area contributed by atoms with Crippen LogP contribution in [0.1, 0.15) is 16.7 Å². The summed E-state index contributed by atoms with van der Waals surface area (Å²) < 4.78 is 5.98. The Kier molecular flexibility index (Phi) is 7.34. The number of hydrogen-bond donors (Lipinski definition) is 1. The monoisotopic (exact) mass is 506 g/mol. The number of amides is 4. The summed E-state index contributed by atoms with van der Waals surface area (Å²) in [6.45, 7) is 4.14. The number of allylic oxidation sites excluding steroid dienone is 1. The molecular weight excluding hydrogens is 487 g/mol. The van der Waals surface area contributed by atoms with E-state index in [0.29, 0.717) is 40.1 Å². The number of nitrogens with one attached hydrogen (secondary N) is 1. The first-order chi connectivity index (χ1) is 16.9. The van der Waals surface area contributed by atoms with E-state index in [9.17, 15) is 14.4 Å². The van der Waals surface area contributed by atoms with Crippen molar-refractivity contribution in [2.45, 2.75) is 13.0 Å². The van der Waals surface area contributed by atoms with Gasteiger partial charge in [-0.15, -0.1) is 6.58 Å². The highest BCUT2D eigenvalue weighted by Gasteiger charge is 2.36. The van der Waals surface area contributed by atoms with E-state index in [1.54, 1.807) is 42.5 Å². The fraction of sp³-hybridized carbons (Fsp3) is 0.0741. The third-order valence-corrected chi connectivity index (χ3v) is 5.76. The van der Waals surface area contributed by atoms with Gasteiger partial charge in [0.2, 0.25) is 0 Å². The first kappa shape index (κ1) is 24.3. The van der Waals surface area contributed by atoms with Crippen molar-refractivity contribution in [1.29, 1.82) is 0 Å². The van der Waals surface area contributed by atoms with Crippen LogP contribution in [0.2, 0.25) is 10.0 Å². The molecule has 3 aromatic rings. The van der Waals surface area contributed by atoms with Crippen LogP contribution in [0.3, 0.4) is 0 Å². The van der Waals surface area contributed by atoms with Crippen LogP contribution in [-0.2, 0) is 22.6 Å².